The van der Waals surface area contributed by atoms with Crippen molar-refractivity contribution in [3.63, 3.8) is 0 Å². The highest BCUT2D eigenvalue weighted by atomic mass is 16.5. The topological polar surface area (TPSA) is 92.8 Å². The van der Waals surface area contributed by atoms with Crippen LogP contribution in [-0.2, 0) is 4.74 Å². The zero-order chi connectivity index (χ0) is 13.7. The van der Waals surface area contributed by atoms with Crippen molar-refractivity contribution in [1.82, 2.24) is 25.7 Å². The second kappa shape index (κ2) is 6.05. The molecule has 100 valence electrons. The molecule has 0 aliphatic carbocycles. The minimum atomic E-state index is -0.324. The second-order valence-electron chi connectivity index (χ2n) is 3.99. The summed E-state index contributed by atoms with van der Waals surface area (Å²) in [5.74, 6) is -0.307. The van der Waals surface area contributed by atoms with E-state index in [1.165, 1.54) is 0 Å². The monoisotopic (exact) mass is 261 g/mol. The molecule has 0 fully saturated rings. The molecule has 2 N–H and O–H groups in total. The molecule has 1 atom stereocenters. The summed E-state index contributed by atoms with van der Waals surface area (Å²) in [7, 11) is 1.57. The van der Waals surface area contributed by atoms with Gasteiger partial charge in [-0.2, -0.15) is 15.4 Å². The number of pyridine rings is 1. The molecular formula is C12H15N5O2. The van der Waals surface area contributed by atoms with Crippen LogP contribution in [0.25, 0.3) is 0 Å². The molecule has 0 spiro atoms. The third kappa shape index (κ3) is 3.14. The summed E-state index contributed by atoms with van der Waals surface area (Å²) in [4.78, 5) is 16.3. The fourth-order valence-corrected chi connectivity index (χ4v) is 1.68. The molecule has 2 aromatic rings. The van der Waals surface area contributed by atoms with Crippen LogP contribution in [0.3, 0.4) is 0 Å². The summed E-state index contributed by atoms with van der Waals surface area (Å²) < 4.78 is 5.11. The van der Waals surface area contributed by atoms with Crippen LogP contribution in [0.15, 0.2) is 24.4 Å². The molecule has 0 radical (unpaired) electrons. The van der Waals surface area contributed by atoms with Crippen molar-refractivity contribution >= 4 is 5.91 Å². The molecule has 0 unspecified atom stereocenters. The molecule has 0 bridgehead atoms. The van der Waals surface area contributed by atoms with E-state index >= 15 is 0 Å². The van der Waals surface area contributed by atoms with Gasteiger partial charge in [0.1, 0.15) is 0 Å². The Kier molecular flexibility index (Phi) is 4.19. The van der Waals surface area contributed by atoms with E-state index in [9.17, 15) is 4.79 Å². The van der Waals surface area contributed by atoms with Crippen LogP contribution in [0.2, 0.25) is 0 Å². The maximum Gasteiger partial charge on any atom is 0.274 e. The Morgan fingerprint density at radius 1 is 1.47 bits per heavy atom. The number of aromatic amines is 1. The van der Waals surface area contributed by atoms with Crippen molar-refractivity contribution in [2.24, 2.45) is 0 Å². The zero-order valence-electron chi connectivity index (χ0n) is 10.8. The van der Waals surface area contributed by atoms with Crippen LogP contribution in [0, 0.1) is 6.92 Å². The third-order valence-corrected chi connectivity index (χ3v) is 2.62. The van der Waals surface area contributed by atoms with Gasteiger partial charge in [-0.1, -0.05) is 6.07 Å². The lowest BCUT2D eigenvalue weighted by Gasteiger charge is -2.16. The minimum absolute atomic E-state index is 0.275. The van der Waals surface area contributed by atoms with Crippen LogP contribution in [0.1, 0.15) is 27.9 Å². The fourth-order valence-electron chi connectivity index (χ4n) is 1.68. The molecule has 0 saturated carbocycles. The average molecular weight is 261 g/mol. The van der Waals surface area contributed by atoms with Crippen molar-refractivity contribution in [3.05, 3.63) is 41.5 Å². The first-order valence-corrected chi connectivity index (χ1v) is 5.80. The Hall–Kier alpha value is -2.28. The molecule has 1 amide bonds. The minimum Gasteiger partial charge on any atom is -0.382 e. The van der Waals surface area contributed by atoms with Gasteiger partial charge in [-0.15, -0.1) is 0 Å². The largest absolute Gasteiger partial charge is 0.382 e. The Morgan fingerprint density at radius 3 is 2.89 bits per heavy atom. The van der Waals surface area contributed by atoms with Gasteiger partial charge in [0.2, 0.25) is 0 Å². The van der Waals surface area contributed by atoms with Gasteiger partial charge < -0.3 is 10.1 Å². The van der Waals surface area contributed by atoms with E-state index in [1.807, 2.05) is 18.2 Å². The van der Waals surface area contributed by atoms with Gasteiger partial charge in [0.05, 0.1) is 24.0 Å². The van der Waals surface area contributed by atoms with Crippen LogP contribution in [0.4, 0.5) is 0 Å². The Morgan fingerprint density at radius 2 is 2.32 bits per heavy atom. The maximum absolute atomic E-state index is 12.1. The lowest BCUT2D eigenvalue weighted by Crippen LogP contribution is -2.32. The van der Waals surface area contributed by atoms with Gasteiger partial charge in [-0.3, -0.25) is 9.78 Å². The zero-order valence-corrected chi connectivity index (χ0v) is 10.8. The van der Waals surface area contributed by atoms with E-state index in [0.717, 1.165) is 5.69 Å². The highest BCUT2D eigenvalue weighted by Crippen LogP contribution is 2.11. The van der Waals surface area contributed by atoms with E-state index in [4.69, 9.17) is 4.74 Å². The first-order valence-electron chi connectivity index (χ1n) is 5.80. The summed E-state index contributed by atoms with van der Waals surface area (Å²) in [5, 5.41) is 12.9. The molecule has 2 aromatic heterocycles. The number of amides is 1. The number of aryl methyl sites for hydroxylation is 1. The molecule has 0 aromatic carbocycles. The quantitative estimate of drug-likeness (QED) is 0.823. The summed E-state index contributed by atoms with van der Waals surface area (Å²) >= 11 is 0. The van der Waals surface area contributed by atoms with Crippen molar-refractivity contribution < 1.29 is 9.53 Å². The number of nitrogens with zero attached hydrogens (tertiary/aromatic N) is 3. The van der Waals surface area contributed by atoms with Crippen molar-refractivity contribution in [2.45, 2.75) is 13.0 Å². The predicted molar refractivity (Wildman–Crippen MR) is 67.4 cm³/mol. The van der Waals surface area contributed by atoms with Crippen LogP contribution in [0.5, 0.6) is 0 Å². The number of hydrogen-bond donors (Lipinski definition) is 2. The SMILES string of the molecule is COC[C@@H](NC(=O)c1n[nH]nc1C)c1ccccn1. The molecule has 19 heavy (non-hydrogen) atoms. The molecule has 2 heterocycles. The molecule has 7 nitrogen and oxygen atoms in total. The number of nitrogens with one attached hydrogen (secondary N) is 2. The van der Waals surface area contributed by atoms with Crippen LogP contribution >= 0.6 is 0 Å². The number of hydrogen-bond acceptors (Lipinski definition) is 5. The van der Waals surface area contributed by atoms with Crippen LogP contribution < -0.4 is 5.32 Å². The normalized spacial score (nSPS) is 12.1. The second-order valence-corrected chi connectivity index (χ2v) is 3.99. The summed E-state index contributed by atoms with van der Waals surface area (Å²) in [6, 6.07) is 5.18. The highest BCUT2D eigenvalue weighted by Gasteiger charge is 2.19. The molecule has 7 heteroatoms. The van der Waals surface area contributed by atoms with Gasteiger partial charge in [-0.25, -0.2) is 0 Å². The van der Waals surface area contributed by atoms with Gasteiger partial charge in [0.15, 0.2) is 5.69 Å². The number of methoxy groups -OCH3 is 1. The first kappa shape index (κ1) is 13.2. The Bertz CT molecular complexity index is 540. The lowest BCUT2D eigenvalue weighted by atomic mass is 10.2. The van der Waals surface area contributed by atoms with Gasteiger partial charge in [0, 0.05) is 13.3 Å². The molecule has 0 aliphatic rings. The van der Waals surface area contributed by atoms with E-state index < -0.39 is 0 Å². The number of carbonyl (C=O) groups is 1. The Balaban J connectivity index is 2.14. The van der Waals surface area contributed by atoms with Crippen LogP contribution in [-0.4, -0.2) is 40.0 Å². The molecule has 0 aliphatic heterocycles. The summed E-state index contributed by atoms with van der Waals surface area (Å²) in [6.45, 7) is 2.05. The van der Waals surface area contributed by atoms with E-state index in [0.29, 0.717) is 12.3 Å². The summed E-state index contributed by atoms with van der Waals surface area (Å²) in [6.07, 6.45) is 1.67. The number of rotatable bonds is 5. The van der Waals surface area contributed by atoms with E-state index in [1.54, 1.807) is 20.2 Å². The highest BCUT2D eigenvalue weighted by molar-refractivity contribution is 5.93. The molecule has 0 saturated heterocycles. The van der Waals surface area contributed by atoms with Crippen molar-refractivity contribution in [1.29, 1.82) is 0 Å². The predicted octanol–water partition coefficient (Wildman–Crippen LogP) is 0.626. The van der Waals surface area contributed by atoms with E-state index in [2.05, 4.69) is 25.7 Å². The number of aromatic nitrogens is 4. The lowest BCUT2D eigenvalue weighted by molar-refractivity contribution is 0.0888. The molecular weight excluding hydrogens is 246 g/mol. The maximum atomic E-state index is 12.1. The van der Waals surface area contributed by atoms with Crippen molar-refractivity contribution in [2.75, 3.05) is 13.7 Å². The number of ether oxygens (including phenoxy) is 1. The average Bonchev–Trinajstić information content (AvgIpc) is 2.85. The van der Waals surface area contributed by atoms with Gasteiger partial charge in [-0.05, 0) is 19.1 Å². The first-order chi connectivity index (χ1) is 9.22. The summed E-state index contributed by atoms with van der Waals surface area (Å²) in [5.41, 5.74) is 1.56. The van der Waals surface area contributed by atoms with Gasteiger partial charge >= 0.3 is 0 Å². The van der Waals surface area contributed by atoms with Crippen molar-refractivity contribution in [3.8, 4) is 0 Å². The number of carbonyl (C=O) groups excluding carboxylic acids is 1. The fraction of sp³-hybridized carbons (Fsp3) is 0.333. The Labute approximate surface area is 110 Å². The standard InChI is InChI=1S/C12H15N5O2/c1-8-11(16-17-15-8)12(18)14-10(7-19-2)9-5-3-4-6-13-9/h3-6,10H,7H2,1-2H3,(H,14,18)(H,15,16,17)/t10-/m1/s1. The smallest absolute Gasteiger partial charge is 0.274 e. The van der Waals surface area contributed by atoms with E-state index in [-0.39, 0.29) is 17.6 Å². The third-order valence-electron chi connectivity index (χ3n) is 2.62. The molecule has 2 rings (SSSR count). The van der Waals surface area contributed by atoms with Gasteiger partial charge in [0.25, 0.3) is 5.91 Å². The number of H-pyrrole nitrogens is 1.